The van der Waals surface area contributed by atoms with Crippen LogP contribution in [0.25, 0.3) is 11.6 Å². The Morgan fingerprint density at radius 3 is 2.12 bits per heavy atom. The fraction of sp³-hybridized carbons (Fsp3) is 0.355. The molecule has 4 aromatic rings. The first-order valence-corrected chi connectivity index (χ1v) is 15.0. The summed E-state index contributed by atoms with van der Waals surface area (Å²) in [4.78, 5) is 18.3. The first-order chi connectivity index (χ1) is 20.7. The van der Waals surface area contributed by atoms with Crippen molar-refractivity contribution in [1.82, 2.24) is 19.9 Å². The van der Waals surface area contributed by atoms with Gasteiger partial charge in [0.15, 0.2) is 40.4 Å². The number of anilines is 1. The number of nitrogens with one attached hydrogen (secondary N) is 1. The van der Waals surface area contributed by atoms with E-state index in [1.807, 2.05) is 44.2 Å². The molecule has 0 bridgehead atoms. The van der Waals surface area contributed by atoms with Crippen LogP contribution in [-0.4, -0.2) is 57.4 Å². The highest BCUT2D eigenvalue weighted by Crippen LogP contribution is 2.41. The van der Waals surface area contributed by atoms with Gasteiger partial charge in [-0.1, -0.05) is 45.0 Å². The van der Waals surface area contributed by atoms with Crippen molar-refractivity contribution in [3.05, 3.63) is 72.6 Å². The van der Waals surface area contributed by atoms with Crippen LogP contribution in [0, 0.1) is 0 Å². The molecule has 0 fully saturated rings. The van der Waals surface area contributed by atoms with Gasteiger partial charge < -0.3 is 23.7 Å². The molecule has 1 atom stereocenters. The third-order valence-electron chi connectivity index (χ3n) is 6.07. The molecule has 0 spiro atoms. The second-order valence-electron chi connectivity index (χ2n) is 10.2. The number of benzene rings is 2. The summed E-state index contributed by atoms with van der Waals surface area (Å²) in [5.41, 5.74) is 1.07. The van der Waals surface area contributed by atoms with Crippen molar-refractivity contribution in [1.29, 1.82) is 0 Å². The molecular formula is C31H37N5O6S. The normalized spacial score (nSPS) is 12.2. The molecule has 228 valence electrons. The Labute approximate surface area is 254 Å². The van der Waals surface area contributed by atoms with E-state index in [0.717, 1.165) is 5.56 Å². The van der Waals surface area contributed by atoms with Crippen LogP contribution in [0.3, 0.4) is 0 Å². The van der Waals surface area contributed by atoms with Crippen LogP contribution in [-0.2, 0) is 25.9 Å². The van der Waals surface area contributed by atoms with E-state index in [1.54, 1.807) is 36.7 Å². The molecule has 1 unspecified atom stereocenters. The van der Waals surface area contributed by atoms with Crippen molar-refractivity contribution in [2.45, 2.75) is 51.2 Å². The number of ether oxygens (including phenoxy) is 5. The molecule has 43 heavy (non-hydrogen) atoms. The predicted molar refractivity (Wildman–Crippen MR) is 164 cm³/mol. The third kappa shape index (κ3) is 8.46. The van der Waals surface area contributed by atoms with Crippen LogP contribution in [0.1, 0.15) is 40.2 Å². The average Bonchev–Trinajstić information content (AvgIpc) is 3.01. The van der Waals surface area contributed by atoms with Gasteiger partial charge in [-0.15, -0.1) is 0 Å². The van der Waals surface area contributed by atoms with Crippen LogP contribution < -0.4 is 18.9 Å². The highest BCUT2D eigenvalue weighted by Gasteiger charge is 2.25. The van der Waals surface area contributed by atoms with Gasteiger partial charge in [0.2, 0.25) is 11.6 Å². The monoisotopic (exact) mass is 607 g/mol. The molecule has 11 nitrogen and oxygen atoms in total. The molecule has 0 aliphatic carbocycles. The lowest BCUT2D eigenvalue weighted by Crippen LogP contribution is -2.25. The quantitative estimate of drug-likeness (QED) is 0.172. The number of hydrogen-bond acceptors (Lipinski definition) is 10. The van der Waals surface area contributed by atoms with Crippen LogP contribution in [0.2, 0.25) is 0 Å². The van der Waals surface area contributed by atoms with Crippen molar-refractivity contribution in [2.24, 2.45) is 0 Å². The number of nitrogens with zero attached hydrogens (tertiary/aromatic N) is 4. The Kier molecular flexibility index (Phi) is 11.0. The second-order valence-corrected chi connectivity index (χ2v) is 11.4. The zero-order valence-electron chi connectivity index (χ0n) is 25.2. The fourth-order valence-electron chi connectivity index (χ4n) is 3.90. The van der Waals surface area contributed by atoms with E-state index in [0.29, 0.717) is 29.6 Å². The zero-order chi connectivity index (χ0) is 30.8. The Morgan fingerprint density at radius 1 is 0.860 bits per heavy atom. The van der Waals surface area contributed by atoms with Gasteiger partial charge in [-0.3, -0.25) is 4.72 Å². The summed E-state index contributed by atoms with van der Waals surface area (Å²) in [5.74, 6) is 1.43. The zero-order valence-corrected chi connectivity index (χ0v) is 26.0. The molecule has 2 aromatic carbocycles. The minimum Gasteiger partial charge on any atom is -0.493 e. The molecule has 12 heteroatoms. The summed E-state index contributed by atoms with van der Waals surface area (Å²) in [6.07, 6.45) is 2.49. The van der Waals surface area contributed by atoms with Gasteiger partial charge in [-0.2, -0.15) is 4.98 Å². The summed E-state index contributed by atoms with van der Waals surface area (Å²) >= 11 is 0. The number of para-hydroxylation sites is 2. The Morgan fingerprint density at radius 2 is 1.51 bits per heavy atom. The van der Waals surface area contributed by atoms with E-state index in [1.165, 1.54) is 7.11 Å². The summed E-state index contributed by atoms with van der Waals surface area (Å²) in [6, 6.07) is 16.3. The van der Waals surface area contributed by atoms with Crippen LogP contribution in [0.4, 0.5) is 5.82 Å². The van der Waals surface area contributed by atoms with Crippen molar-refractivity contribution in [3.63, 3.8) is 0 Å². The van der Waals surface area contributed by atoms with E-state index >= 15 is 0 Å². The number of aromatic nitrogens is 4. The fourth-order valence-corrected chi connectivity index (χ4v) is 4.72. The van der Waals surface area contributed by atoms with E-state index in [-0.39, 0.29) is 41.1 Å². The molecule has 4 rings (SSSR count). The maximum Gasteiger partial charge on any atom is 0.264 e. The summed E-state index contributed by atoms with van der Waals surface area (Å²) < 4.78 is 45.9. The molecule has 0 saturated heterocycles. The smallest absolute Gasteiger partial charge is 0.264 e. The number of methoxy groups -OCH3 is 1. The molecule has 2 aromatic heterocycles. The lowest BCUT2D eigenvalue weighted by atomic mass is 9.87. The van der Waals surface area contributed by atoms with Gasteiger partial charge >= 0.3 is 0 Å². The molecule has 0 aliphatic rings. The topological polar surface area (TPSA) is 127 Å². The van der Waals surface area contributed by atoms with Gasteiger partial charge in [0, 0.05) is 25.6 Å². The van der Waals surface area contributed by atoms with Crippen LogP contribution >= 0.6 is 0 Å². The van der Waals surface area contributed by atoms with E-state index in [4.69, 9.17) is 23.7 Å². The van der Waals surface area contributed by atoms with Gasteiger partial charge in [-0.05, 0) is 55.2 Å². The third-order valence-corrected chi connectivity index (χ3v) is 7.15. The molecular weight excluding hydrogens is 570 g/mol. The molecule has 0 radical (unpaired) electrons. The van der Waals surface area contributed by atoms with Gasteiger partial charge in [0.25, 0.3) is 5.88 Å². The van der Waals surface area contributed by atoms with Crippen LogP contribution in [0.5, 0.6) is 23.1 Å². The predicted octanol–water partition coefficient (Wildman–Crippen LogP) is 5.94. The summed E-state index contributed by atoms with van der Waals surface area (Å²) in [6.45, 7) is 10.9. The Bertz CT molecular complexity index is 1490. The lowest BCUT2D eigenvalue weighted by Gasteiger charge is -2.21. The summed E-state index contributed by atoms with van der Waals surface area (Å²) in [7, 11) is -0.196. The highest BCUT2D eigenvalue weighted by atomic mass is 32.2. The maximum atomic E-state index is 13.6. The van der Waals surface area contributed by atoms with Crippen molar-refractivity contribution < 1.29 is 27.9 Å². The standard InChI is InChI=1S/C31H37N5O6S/c1-7-39-25(40-8-2)20-41-30-26(42-24-13-10-9-12-23(24)38-6)27(34-29(35-30)28-32-18-11-19-33-28)36-43(37)22-16-14-21(15-17-22)31(3,4)5/h9-19,25H,7-8,20H2,1-6H3,(H,34,35,36). The van der Waals surface area contributed by atoms with Gasteiger partial charge in [-0.25, -0.2) is 19.2 Å². The largest absolute Gasteiger partial charge is 0.493 e. The molecule has 0 saturated carbocycles. The van der Waals surface area contributed by atoms with E-state index in [2.05, 4.69) is 45.4 Å². The first-order valence-electron chi connectivity index (χ1n) is 13.9. The van der Waals surface area contributed by atoms with E-state index < -0.39 is 17.3 Å². The van der Waals surface area contributed by atoms with Crippen molar-refractivity contribution >= 4 is 16.8 Å². The Hall–Kier alpha value is -4.13. The number of rotatable bonds is 14. The van der Waals surface area contributed by atoms with Crippen molar-refractivity contribution in [2.75, 3.05) is 31.7 Å². The Balaban J connectivity index is 1.81. The van der Waals surface area contributed by atoms with Gasteiger partial charge in [0.05, 0.1) is 12.0 Å². The molecule has 2 heterocycles. The van der Waals surface area contributed by atoms with Crippen molar-refractivity contribution in [3.8, 4) is 34.8 Å². The number of hydrogen-bond donors (Lipinski definition) is 1. The lowest BCUT2D eigenvalue weighted by molar-refractivity contribution is -0.152. The second kappa shape index (κ2) is 14.9. The van der Waals surface area contributed by atoms with Gasteiger partial charge in [0.1, 0.15) is 6.61 Å². The van der Waals surface area contributed by atoms with E-state index in [9.17, 15) is 4.21 Å². The summed E-state index contributed by atoms with van der Waals surface area (Å²) in [5, 5.41) is 0. The minimum absolute atomic E-state index is 0.00708. The average molecular weight is 608 g/mol. The highest BCUT2D eigenvalue weighted by molar-refractivity contribution is 7.86. The first kappa shape index (κ1) is 31.8. The molecule has 0 aliphatic heterocycles. The maximum absolute atomic E-state index is 13.6. The van der Waals surface area contributed by atoms with Crippen LogP contribution in [0.15, 0.2) is 71.9 Å². The molecule has 1 N–H and O–H groups in total. The SMILES string of the molecule is CCOC(COc1nc(-c2ncccn2)nc(NS(=O)c2ccc(C(C)(C)C)cc2)c1Oc1ccccc1OC)OCC. The minimum atomic E-state index is -1.73. The molecule has 0 amide bonds.